The molecule has 4 aromatic heterocycles. The smallest absolute Gasteiger partial charge is 0.180 e. The van der Waals surface area contributed by atoms with Crippen LogP contribution in [-0.4, -0.2) is 19.9 Å². The Morgan fingerprint density at radius 3 is 1.72 bits per heavy atom. The van der Waals surface area contributed by atoms with Crippen molar-refractivity contribution in [3.63, 3.8) is 0 Å². The quantitative estimate of drug-likeness (QED) is 0.186. The van der Waals surface area contributed by atoms with Gasteiger partial charge in [-0.2, -0.15) is 0 Å². The van der Waals surface area contributed by atoms with Crippen molar-refractivity contribution in [3.05, 3.63) is 158 Å². The van der Waals surface area contributed by atoms with Gasteiger partial charge in [-0.1, -0.05) is 115 Å². The molecule has 10 aromatic rings. The molecular weight excluding hydrogens is 617 g/mol. The standard InChI is InChI=1S/C44H26N4O2/c1-4-13-27(14-5-1)34-26-35(28-15-6-2-7-16-28)46-44(45-34)32-20-12-22-38-39(32)33-25-30(23-24-37(33)49-38)40-42-41(31-19-10-11-21-36(31)50-42)48-43(47-40)29-17-8-3-9-18-29/h1-26H. The molecule has 10 rings (SSSR count). The minimum atomic E-state index is 0.622. The summed E-state index contributed by atoms with van der Waals surface area (Å²) >= 11 is 0. The summed E-state index contributed by atoms with van der Waals surface area (Å²) in [7, 11) is 0. The average molecular weight is 643 g/mol. The van der Waals surface area contributed by atoms with Crippen molar-refractivity contribution >= 4 is 44.0 Å². The molecule has 0 atom stereocenters. The number of furan rings is 2. The lowest BCUT2D eigenvalue weighted by molar-refractivity contribution is 0.666. The highest BCUT2D eigenvalue weighted by Gasteiger charge is 2.21. The van der Waals surface area contributed by atoms with E-state index in [1.54, 1.807) is 0 Å². The third kappa shape index (κ3) is 4.65. The number of hydrogen-bond acceptors (Lipinski definition) is 6. The summed E-state index contributed by atoms with van der Waals surface area (Å²) in [4.78, 5) is 20.4. The fourth-order valence-electron chi connectivity index (χ4n) is 6.74. The summed E-state index contributed by atoms with van der Waals surface area (Å²) in [5, 5.41) is 2.82. The predicted molar refractivity (Wildman–Crippen MR) is 199 cm³/mol. The van der Waals surface area contributed by atoms with Crippen molar-refractivity contribution in [1.29, 1.82) is 0 Å². The molecule has 0 aliphatic heterocycles. The Balaban J connectivity index is 1.22. The second-order valence-corrected chi connectivity index (χ2v) is 12.2. The van der Waals surface area contributed by atoms with Crippen LogP contribution < -0.4 is 0 Å². The van der Waals surface area contributed by atoms with Crippen molar-refractivity contribution in [2.45, 2.75) is 0 Å². The van der Waals surface area contributed by atoms with Crippen molar-refractivity contribution in [2.75, 3.05) is 0 Å². The maximum absolute atomic E-state index is 6.45. The van der Waals surface area contributed by atoms with E-state index < -0.39 is 0 Å². The summed E-state index contributed by atoms with van der Waals surface area (Å²) in [5.41, 5.74) is 10.9. The molecule has 0 N–H and O–H groups in total. The van der Waals surface area contributed by atoms with E-state index in [4.69, 9.17) is 28.8 Å². The second-order valence-electron chi connectivity index (χ2n) is 12.2. The maximum atomic E-state index is 6.45. The first kappa shape index (κ1) is 28.1. The van der Waals surface area contributed by atoms with Crippen LogP contribution in [-0.2, 0) is 0 Å². The molecule has 6 aromatic carbocycles. The van der Waals surface area contributed by atoms with Crippen molar-refractivity contribution in [1.82, 2.24) is 19.9 Å². The lowest BCUT2D eigenvalue weighted by Gasteiger charge is -2.10. The molecule has 0 unspecified atom stereocenters. The predicted octanol–water partition coefficient (Wildman–Crippen LogP) is 11.4. The van der Waals surface area contributed by atoms with Crippen LogP contribution in [0.2, 0.25) is 0 Å². The number of fused-ring (bicyclic) bond motifs is 6. The molecule has 6 nitrogen and oxygen atoms in total. The third-order valence-corrected chi connectivity index (χ3v) is 9.13. The molecule has 4 heterocycles. The second kappa shape index (κ2) is 11.4. The minimum Gasteiger partial charge on any atom is -0.456 e. The first-order valence-corrected chi connectivity index (χ1v) is 16.5. The van der Waals surface area contributed by atoms with Crippen molar-refractivity contribution < 1.29 is 8.83 Å². The summed E-state index contributed by atoms with van der Waals surface area (Å²) in [5.74, 6) is 1.26. The van der Waals surface area contributed by atoms with Crippen molar-refractivity contribution in [2.24, 2.45) is 0 Å². The number of para-hydroxylation sites is 1. The molecule has 0 radical (unpaired) electrons. The fourth-order valence-corrected chi connectivity index (χ4v) is 6.74. The molecule has 0 saturated carbocycles. The number of nitrogens with zero attached hydrogens (tertiary/aromatic N) is 4. The zero-order valence-corrected chi connectivity index (χ0v) is 26.6. The van der Waals surface area contributed by atoms with Gasteiger partial charge in [0.2, 0.25) is 0 Å². The SMILES string of the molecule is c1ccc(-c2cc(-c3ccccc3)nc(-c3cccc4oc5ccc(-c6nc(-c7ccccc7)nc7c6oc6ccccc67)cc5c34)n2)cc1. The van der Waals surface area contributed by atoms with Gasteiger partial charge >= 0.3 is 0 Å². The first-order valence-electron chi connectivity index (χ1n) is 16.5. The summed E-state index contributed by atoms with van der Waals surface area (Å²) < 4.78 is 12.9. The van der Waals surface area contributed by atoms with Gasteiger partial charge in [0.05, 0.1) is 11.4 Å². The molecule has 0 fully saturated rings. The van der Waals surface area contributed by atoms with Gasteiger partial charge in [0.1, 0.15) is 28.0 Å². The Labute approximate surface area is 286 Å². The Kier molecular flexibility index (Phi) is 6.39. The average Bonchev–Trinajstić information content (AvgIpc) is 3.76. The Morgan fingerprint density at radius 1 is 0.380 bits per heavy atom. The zero-order valence-electron chi connectivity index (χ0n) is 26.6. The first-order chi connectivity index (χ1) is 24.8. The molecule has 50 heavy (non-hydrogen) atoms. The lowest BCUT2D eigenvalue weighted by Crippen LogP contribution is -1.96. The van der Waals surface area contributed by atoms with Crippen LogP contribution in [0.5, 0.6) is 0 Å². The Hall–Kier alpha value is -6.92. The fraction of sp³-hybridized carbons (Fsp3) is 0. The van der Waals surface area contributed by atoms with E-state index in [2.05, 4.69) is 42.5 Å². The molecule has 6 heteroatoms. The van der Waals surface area contributed by atoms with Crippen LogP contribution in [0.25, 0.3) is 101 Å². The molecule has 0 bridgehead atoms. The summed E-state index contributed by atoms with van der Waals surface area (Å²) in [6, 6.07) is 52.8. The Bertz CT molecular complexity index is 2800. The highest BCUT2D eigenvalue weighted by atomic mass is 16.3. The summed E-state index contributed by atoms with van der Waals surface area (Å²) in [6.45, 7) is 0. The molecule has 0 aliphatic carbocycles. The molecule has 0 saturated heterocycles. The van der Waals surface area contributed by atoms with Gasteiger partial charge in [-0.15, -0.1) is 0 Å². The number of aromatic nitrogens is 4. The molecular formula is C44H26N4O2. The van der Waals surface area contributed by atoms with E-state index in [0.717, 1.165) is 77.6 Å². The van der Waals surface area contributed by atoms with Gasteiger partial charge < -0.3 is 8.83 Å². The van der Waals surface area contributed by atoms with Gasteiger partial charge in [-0.3, -0.25) is 0 Å². The van der Waals surface area contributed by atoms with E-state index in [-0.39, 0.29) is 0 Å². The van der Waals surface area contributed by atoms with Crippen LogP contribution >= 0.6 is 0 Å². The zero-order chi connectivity index (χ0) is 33.0. The maximum Gasteiger partial charge on any atom is 0.180 e. The van der Waals surface area contributed by atoms with Crippen LogP contribution in [0.4, 0.5) is 0 Å². The van der Waals surface area contributed by atoms with Crippen LogP contribution in [0.1, 0.15) is 0 Å². The number of rotatable bonds is 5. The molecule has 0 spiro atoms. The Morgan fingerprint density at radius 2 is 1.00 bits per heavy atom. The minimum absolute atomic E-state index is 0.622. The molecule has 0 aliphatic rings. The van der Waals surface area contributed by atoms with E-state index in [0.29, 0.717) is 22.9 Å². The van der Waals surface area contributed by atoms with E-state index in [1.165, 1.54) is 0 Å². The summed E-state index contributed by atoms with van der Waals surface area (Å²) in [6.07, 6.45) is 0. The van der Waals surface area contributed by atoms with Crippen molar-refractivity contribution in [3.8, 4) is 56.5 Å². The molecule has 0 amide bonds. The van der Waals surface area contributed by atoms with Gasteiger partial charge in [-0.05, 0) is 42.5 Å². The van der Waals surface area contributed by atoms with Gasteiger partial charge in [0.25, 0.3) is 0 Å². The normalized spacial score (nSPS) is 11.6. The van der Waals surface area contributed by atoms with Crippen LogP contribution in [0.15, 0.2) is 167 Å². The highest BCUT2D eigenvalue weighted by molar-refractivity contribution is 6.14. The van der Waals surface area contributed by atoms with E-state index >= 15 is 0 Å². The van der Waals surface area contributed by atoms with Gasteiger partial charge in [0, 0.05) is 44.0 Å². The number of benzene rings is 6. The molecule has 234 valence electrons. The monoisotopic (exact) mass is 642 g/mol. The number of hydrogen-bond donors (Lipinski definition) is 0. The van der Waals surface area contributed by atoms with E-state index in [9.17, 15) is 0 Å². The highest BCUT2D eigenvalue weighted by Crippen LogP contribution is 2.41. The van der Waals surface area contributed by atoms with Gasteiger partial charge in [-0.25, -0.2) is 19.9 Å². The van der Waals surface area contributed by atoms with E-state index in [1.807, 2.05) is 115 Å². The lowest BCUT2D eigenvalue weighted by atomic mass is 10.0. The van der Waals surface area contributed by atoms with Crippen LogP contribution in [0.3, 0.4) is 0 Å². The van der Waals surface area contributed by atoms with Gasteiger partial charge in [0.15, 0.2) is 17.2 Å². The third-order valence-electron chi connectivity index (χ3n) is 9.13. The topological polar surface area (TPSA) is 77.8 Å². The van der Waals surface area contributed by atoms with Crippen LogP contribution in [0, 0.1) is 0 Å². The largest absolute Gasteiger partial charge is 0.456 e.